The smallest absolute Gasteiger partial charge is 0.224 e. The minimum atomic E-state index is 0.196. The number of benzene rings is 1. The van der Waals surface area contributed by atoms with E-state index >= 15 is 0 Å². The molecule has 4 rings (SSSR count). The summed E-state index contributed by atoms with van der Waals surface area (Å²) in [6.45, 7) is 1.84. The molecule has 1 aromatic rings. The highest BCUT2D eigenvalue weighted by atomic mass is 16.2. The Hall–Kier alpha value is -1.35. The fourth-order valence-corrected chi connectivity index (χ4v) is 3.71. The first kappa shape index (κ1) is 10.6. The molecule has 1 aromatic carbocycles. The van der Waals surface area contributed by atoms with E-state index in [4.69, 9.17) is 0 Å². The van der Waals surface area contributed by atoms with Crippen molar-refractivity contribution >= 4 is 5.91 Å². The van der Waals surface area contributed by atoms with Crippen LogP contribution >= 0.6 is 0 Å². The van der Waals surface area contributed by atoms with Gasteiger partial charge in [-0.25, -0.2) is 0 Å². The molecular formula is C15H18N2O. The number of carbonyl (C=O) groups is 1. The number of rotatable bonds is 2. The fraction of sp³-hybridized carbons (Fsp3) is 0.533. The zero-order valence-electron chi connectivity index (χ0n) is 10.4. The third-order valence-corrected chi connectivity index (χ3v) is 4.78. The van der Waals surface area contributed by atoms with Gasteiger partial charge in [0.1, 0.15) is 0 Å². The maximum atomic E-state index is 12.1. The van der Waals surface area contributed by atoms with Gasteiger partial charge in [-0.3, -0.25) is 4.79 Å². The van der Waals surface area contributed by atoms with E-state index in [9.17, 15) is 4.79 Å². The highest BCUT2D eigenvalue weighted by Gasteiger charge is 2.56. The van der Waals surface area contributed by atoms with Crippen LogP contribution in [0.4, 0.5) is 0 Å². The van der Waals surface area contributed by atoms with Gasteiger partial charge in [0.2, 0.25) is 5.91 Å². The van der Waals surface area contributed by atoms with E-state index in [2.05, 4.69) is 34.9 Å². The van der Waals surface area contributed by atoms with Gasteiger partial charge in [0.15, 0.2) is 0 Å². The fourth-order valence-electron chi connectivity index (χ4n) is 3.71. The van der Waals surface area contributed by atoms with Crippen LogP contribution in [0.1, 0.15) is 23.5 Å². The van der Waals surface area contributed by atoms with Crippen LogP contribution in [0, 0.1) is 11.8 Å². The zero-order chi connectivity index (χ0) is 12.1. The van der Waals surface area contributed by atoms with Crippen LogP contribution in [-0.2, 0) is 11.2 Å². The highest BCUT2D eigenvalue weighted by Crippen LogP contribution is 2.56. The van der Waals surface area contributed by atoms with Gasteiger partial charge in [0.05, 0.1) is 5.92 Å². The zero-order valence-corrected chi connectivity index (χ0v) is 10.4. The van der Waals surface area contributed by atoms with E-state index in [1.807, 2.05) is 0 Å². The molecule has 4 unspecified atom stereocenters. The molecule has 0 aromatic heterocycles. The summed E-state index contributed by atoms with van der Waals surface area (Å²) in [5.74, 6) is 1.72. The molecule has 4 atom stereocenters. The van der Waals surface area contributed by atoms with E-state index in [0.29, 0.717) is 17.9 Å². The number of hydrogen-bond donors (Lipinski definition) is 2. The van der Waals surface area contributed by atoms with Gasteiger partial charge in [-0.2, -0.15) is 0 Å². The van der Waals surface area contributed by atoms with E-state index < -0.39 is 0 Å². The molecule has 3 aliphatic rings. The lowest BCUT2D eigenvalue weighted by Crippen LogP contribution is -2.35. The van der Waals surface area contributed by atoms with Crippen LogP contribution in [0.3, 0.4) is 0 Å². The minimum absolute atomic E-state index is 0.196. The van der Waals surface area contributed by atoms with E-state index in [-0.39, 0.29) is 11.8 Å². The molecule has 3 heteroatoms. The molecule has 0 radical (unpaired) electrons. The van der Waals surface area contributed by atoms with Gasteiger partial charge in [-0.1, -0.05) is 24.3 Å². The quantitative estimate of drug-likeness (QED) is 0.814. The Kier molecular flexibility index (Phi) is 2.24. The summed E-state index contributed by atoms with van der Waals surface area (Å²) in [6.07, 6.45) is 2.14. The molecular weight excluding hydrogens is 224 g/mol. The molecule has 0 bridgehead atoms. The molecule has 2 aliphatic carbocycles. The summed E-state index contributed by atoms with van der Waals surface area (Å²) in [6, 6.07) is 9.08. The van der Waals surface area contributed by atoms with E-state index in [0.717, 1.165) is 25.9 Å². The molecule has 1 aliphatic heterocycles. The standard InChI is InChI=1S/C15H18N2O/c18-15(10-5-6-16-8-10)17-14-12-7-9-3-1-2-4-11(9)13(12)14/h1-4,10,12-14,16H,5-8H2,(H,17,18). The molecule has 0 spiro atoms. The molecule has 94 valence electrons. The molecule has 1 heterocycles. The highest BCUT2D eigenvalue weighted by molar-refractivity contribution is 5.80. The average Bonchev–Trinajstić information content (AvgIpc) is 2.85. The summed E-state index contributed by atoms with van der Waals surface area (Å²) in [5.41, 5.74) is 2.96. The molecule has 1 saturated carbocycles. The molecule has 3 nitrogen and oxygen atoms in total. The predicted octanol–water partition coefficient (Wildman–Crippen LogP) is 1.05. The van der Waals surface area contributed by atoms with Crippen molar-refractivity contribution in [3.05, 3.63) is 35.4 Å². The predicted molar refractivity (Wildman–Crippen MR) is 69.3 cm³/mol. The van der Waals surface area contributed by atoms with Crippen LogP contribution in [0.5, 0.6) is 0 Å². The summed E-state index contributed by atoms with van der Waals surface area (Å²) in [5, 5.41) is 6.51. The normalized spacial score (nSPS) is 36.0. The first-order valence-electron chi connectivity index (χ1n) is 6.93. The van der Waals surface area contributed by atoms with Crippen molar-refractivity contribution in [2.24, 2.45) is 11.8 Å². The Balaban J connectivity index is 1.44. The number of carbonyl (C=O) groups excluding carboxylic acids is 1. The second-order valence-electron chi connectivity index (χ2n) is 5.82. The lowest BCUT2D eigenvalue weighted by atomic mass is 10.0. The average molecular weight is 242 g/mol. The number of hydrogen-bond acceptors (Lipinski definition) is 2. The van der Waals surface area contributed by atoms with Gasteiger partial charge in [-0.15, -0.1) is 0 Å². The Morgan fingerprint density at radius 3 is 3.06 bits per heavy atom. The second kappa shape index (κ2) is 3.82. The Morgan fingerprint density at radius 2 is 2.22 bits per heavy atom. The van der Waals surface area contributed by atoms with Crippen molar-refractivity contribution in [3.8, 4) is 0 Å². The van der Waals surface area contributed by atoms with Crippen LogP contribution in [0.15, 0.2) is 24.3 Å². The van der Waals surface area contributed by atoms with Crippen LogP contribution in [0.2, 0.25) is 0 Å². The van der Waals surface area contributed by atoms with Crippen molar-refractivity contribution in [3.63, 3.8) is 0 Å². The lowest BCUT2D eigenvalue weighted by molar-refractivity contribution is -0.124. The second-order valence-corrected chi connectivity index (χ2v) is 5.82. The van der Waals surface area contributed by atoms with Gasteiger partial charge < -0.3 is 10.6 Å². The Labute approximate surface area is 107 Å². The molecule has 1 saturated heterocycles. The minimum Gasteiger partial charge on any atom is -0.352 e. The topological polar surface area (TPSA) is 41.1 Å². The first-order chi connectivity index (χ1) is 8.84. The molecule has 1 amide bonds. The maximum Gasteiger partial charge on any atom is 0.224 e. The van der Waals surface area contributed by atoms with E-state index in [1.54, 1.807) is 0 Å². The van der Waals surface area contributed by atoms with Crippen molar-refractivity contribution in [2.75, 3.05) is 13.1 Å². The van der Waals surface area contributed by atoms with Gasteiger partial charge in [-0.05, 0) is 36.4 Å². The summed E-state index contributed by atoms with van der Waals surface area (Å²) in [7, 11) is 0. The van der Waals surface area contributed by atoms with Crippen molar-refractivity contribution in [1.82, 2.24) is 10.6 Å². The lowest BCUT2D eigenvalue weighted by Gasteiger charge is -2.12. The SMILES string of the molecule is O=C(NC1C2Cc3ccccc3C21)C1CCNC1. The maximum absolute atomic E-state index is 12.1. The van der Waals surface area contributed by atoms with Crippen LogP contribution < -0.4 is 10.6 Å². The third kappa shape index (κ3) is 1.50. The van der Waals surface area contributed by atoms with Gasteiger partial charge in [0.25, 0.3) is 0 Å². The summed E-state index contributed by atoms with van der Waals surface area (Å²) < 4.78 is 0. The molecule has 18 heavy (non-hydrogen) atoms. The first-order valence-corrected chi connectivity index (χ1v) is 6.93. The van der Waals surface area contributed by atoms with Crippen LogP contribution in [0.25, 0.3) is 0 Å². The van der Waals surface area contributed by atoms with Crippen LogP contribution in [-0.4, -0.2) is 25.0 Å². The summed E-state index contributed by atoms with van der Waals surface area (Å²) >= 11 is 0. The Morgan fingerprint density at radius 1 is 1.33 bits per heavy atom. The number of fused-ring (bicyclic) bond motifs is 3. The van der Waals surface area contributed by atoms with Crippen molar-refractivity contribution in [2.45, 2.75) is 24.8 Å². The van der Waals surface area contributed by atoms with E-state index in [1.165, 1.54) is 11.1 Å². The molecule has 2 fully saturated rings. The summed E-state index contributed by atoms with van der Waals surface area (Å²) in [4.78, 5) is 12.1. The molecule has 2 N–H and O–H groups in total. The Bertz CT molecular complexity index is 493. The monoisotopic (exact) mass is 242 g/mol. The van der Waals surface area contributed by atoms with Crippen molar-refractivity contribution in [1.29, 1.82) is 0 Å². The number of nitrogens with one attached hydrogen (secondary N) is 2. The number of amides is 1. The van der Waals surface area contributed by atoms with Gasteiger partial charge in [0, 0.05) is 18.5 Å². The largest absolute Gasteiger partial charge is 0.352 e. The third-order valence-electron chi connectivity index (χ3n) is 4.78. The van der Waals surface area contributed by atoms with Crippen molar-refractivity contribution < 1.29 is 4.79 Å². The van der Waals surface area contributed by atoms with Gasteiger partial charge >= 0.3 is 0 Å².